The molecule has 0 bridgehead atoms. The van der Waals surface area contributed by atoms with Crippen molar-refractivity contribution in [2.24, 2.45) is 0 Å². The number of piperidine rings is 1. The number of phenolic OH excluding ortho intramolecular Hbond substituents is 1. The van der Waals surface area contributed by atoms with Gasteiger partial charge in [0.15, 0.2) is 0 Å². The van der Waals surface area contributed by atoms with Crippen LogP contribution in [0.2, 0.25) is 0 Å². The minimum atomic E-state index is -0.158. The van der Waals surface area contributed by atoms with E-state index in [9.17, 15) is 9.90 Å². The number of benzene rings is 2. The molecule has 0 aromatic heterocycles. The fraction of sp³-hybridized carbons (Fsp3) is 0.235. The van der Waals surface area contributed by atoms with E-state index in [1.165, 1.54) is 0 Å². The second-order valence-electron chi connectivity index (χ2n) is 5.17. The quantitative estimate of drug-likeness (QED) is 0.879. The van der Waals surface area contributed by atoms with Crippen molar-refractivity contribution < 1.29 is 9.90 Å². The van der Waals surface area contributed by atoms with Crippen LogP contribution >= 0.6 is 0 Å². The molecule has 0 aliphatic carbocycles. The lowest BCUT2D eigenvalue weighted by Crippen LogP contribution is -2.39. The Labute approximate surface area is 118 Å². The molecule has 2 unspecified atom stereocenters. The summed E-state index contributed by atoms with van der Waals surface area (Å²) in [5.74, 6) is 0.340. The van der Waals surface area contributed by atoms with Gasteiger partial charge in [0.05, 0.1) is 5.92 Å². The van der Waals surface area contributed by atoms with Crippen LogP contribution in [0.25, 0.3) is 0 Å². The van der Waals surface area contributed by atoms with Crippen LogP contribution < -0.4 is 5.32 Å². The van der Waals surface area contributed by atoms with Crippen molar-refractivity contribution in [3.63, 3.8) is 0 Å². The number of carbonyl (C=O) groups is 1. The van der Waals surface area contributed by atoms with Gasteiger partial charge >= 0.3 is 0 Å². The normalized spacial score (nSPS) is 22.3. The van der Waals surface area contributed by atoms with Gasteiger partial charge in [-0.25, -0.2) is 0 Å². The Morgan fingerprint density at radius 3 is 2.35 bits per heavy atom. The zero-order valence-electron chi connectivity index (χ0n) is 11.1. The lowest BCUT2D eigenvalue weighted by molar-refractivity contribution is -0.124. The molecule has 1 saturated heterocycles. The van der Waals surface area contributed by atoms with Crippen LogP contribution in [0, 0.1) is 0 Å². The summed E-state index contributed by atoms with van der Waals surface area (Å²) in [6, 6.07) is 17.1. The number of hydrogen-bond acceptors (Lipinski definition) is 2. The van der Waals surface area contributed by atoms with Gasteiger partial charge in [-0.1, -0.05) is 42.5 Å². The molecule has 102 valence electrons. The van der Waals surface area contributed by atoms with E-state index in [1.54, 1.807) is 12.1 Å². The molecule has 1 aliphatic rings. The lowest BCUT2D eigenvalue weighted by atomic mass is 9.77. The first kappa shape index (κ1) is 12.7. The van der Waals surface area contributed by atoms with Crippen LogP contribution in [0.1, 0.15) is 29.4 Å². The Hall–Kier alpha value is -2.29. The minimum absolute atomic E-state index is 0.0838. The van der Waals surface area contributed by atoms with E-state index in [4.69, 9.17) is 0 Å². The minimum Gasteiger partial charge on any atom is -0.508 e. The Kier molecular flexibility index (Phi) is 3.42. The predicted octanol–water partition coefficient (Wildman–Crippen LogP) is 2.78. The van der Waals surface area contributed by atoms with Crippen molar-refractivity contribution in [2.45, 2.75) is 18.3 Å². The number of aromatic hydroxyl groups is 1. The van der Waals surface area contributed by atoms with Crippen molar-refractivity contribution in [1.82, 2.24) is 5.32 Å². The number of amides is 1. The molecule has 3 heteroatoms. The smallest absolute Gasteiger partial charge is 0.228 e. The van der Waals surface area contributed by atoms with E-state index in [0.29, 0.717) is 6.54 Å². The molecule has 1 heterocycles. The number of phenols is 1. The highest BCUT2D eigenvalue weighted by Crippen LogP contribution is 2.38. The van der Waals surface area contributed by atoms with E-state index < -0.39 is 0 Å². The maximum absolute atomic E-state index is 12.3. The van der Waals surface area contributed by atoms with Crippen LogP contribution in [0.3, 0.4) is 0 Å². The van der Waals surface area contributed by atoms with Crippen molar-refractivity contribution in [1.29, 1.82) is 0 Å². The molecule has 2 aromatic carbocycles. The summed E-state index contributed by atoms with van der Waals surface area (Å²) in [4.78, 5) is 12.3. The van der Waals surface area contributed by atoms with Crippen molar-refractivity contribution >= 4 is 5.91 Å². The van der Waals surface area contributed by atoms with E-state index in [2.05, 4.69) is 5.32 Å². The summed E-state index contributed by atoms with van der Waals surface area (Å²) in [6.45, 7) is 0.702. The molecule has 3 nitrogen and oxygen atoms in total. The molecule has 0 spiro atoms. The van der Waals surface area contributed by atoms with Gasteiger partial charge < -0.3 is 10.4 Å². The van der Waals surface area contributed by atoms with Crippen molar-refractivity contribution in [2.75, 3.05) is 6.54 Å². The van der Waals surface area contributed by atoms with Crippen LogP contribution in [-0.4, -0.2) is 17.6 Å². The molecule has 0 radical (unpaired) electrons. The first-order valence-corrected chi connectivity index (χ1v) is 6.87. The van der Waals surface area contributed by atoms with Gasteiger partial charge in [0.1, 0.15) is 5.75 Å². The molecule has 3 rings (SSSR count). The van der Waals surface area contributed by atoms with Gasteiger partial charge in [-0.2, -0.15) is 0 Å². The van der Waals surface area contributed by atoms with Crippen molar-refractivity contribution in [3.05, 3.63) is 65.7 Å². The summed E-state index contributed by atoms with van der Waals surface area (Å²) in [6.07, 6.45) is 0.913. The van der Waals surface area contributed by atoms with Gasteiger partial charge in [-0.15, -0.1) is 0 Å². The lowest BCUT2D eigenvalue weighted by Gasteiger charge is -2.31. The third-order valence-electron chi connectivity index (χ3n) is 3.92. The fourth-order valence-corrected chi connectivity index (χ4v) is 2.93. The largest absolute Gasteiger partial charge is 0.508 e. The zero-order valence-corrected chi connectivity index (χ0v) is 11.1. The van der Waals surface area contributed by atoms with Gasteiger partial charge in [0, 0.05) is 12.5 Å². The summed E-state index contributed by atoms with van der Waals surface area (Å²) in [7, 11) is 0. The molecule has 2 N–H and O–H groups in total. The molecule has 0 saturated carbocycles. The second kappa shape index (κ2) is 5.37. The molecule has 1 amide bonds. The van der Waals surface area contributed by atoms with Gasteiger partial charge in [-0.3, -0.25) is 4.79 Å². The highest BCUT2D eigenvalue weighted by Gasteiger charge is 2.33. The van der Waals surface area contributed by atoms with Crippen LogP contribution in [-0.2, 0) is 4.79 Å². The maximum Gasteiger partial charge on any atom is 0.228 e. The average Bonchev–Trinajstić information content (AvgIpc) is 2.49. The second-order valence-corrected chi connectivity index (χ2v) is 5.17. The summed E-state index contributed by atoms with van der Waals surface area (Å²) in [5.41, 5.74) is 2.15. The number of rotatable bonds is 2. The predicted molar refractivity (Wildman–Crippen MR) is 77.7 cm³/mol. The number of hydrogen-bond donors (Lipinski definition) is 2. The fourth-order valence-electron chi connectivity index (χ4n) is 2.93. The van der Waals surface area contributed by atoms with E-state index in [-0.39, 0.29) is 23.5 Å². The molecule has 20 heavy (non-hydrogen) atoms. The number of nitrogens with one attached hydrogen (secondary N) is 1. The van der Waals surface area contributed by atoms with Gasteiger partial charge in [0.2, 0.25) is 5.91 Å². The molecule has 1 aliphatic heterocycles. The first-order valence-electron chi connectivity index (χ1n) is 6.87. The van der Waals surface area contributed by atoms with Gasteiger partial charge in [-0.05, 0) is 29.7 Å². The molecular weight excluding hydrogens is 250 g/mol. The third-order valence-corrected chi connectivity index (χ3v) is 3.92. The molecule has 2 atom stereocenters. The van der Waals surface area contributed by atoms with Crippen LogP contribution in [0.15, 0.2) is 54.6 Å². The Morgan fingerprint density at radius 2 is 1.65 bits per heavy atom. The molecular formula is C17H17NO2. The standard InChI is InChI=1S/C17H17NO2/c19-14-8-6-12(7-9-14)15-10-11-18-17(20)16(15)13-4-2-1-3-5-13/h1-9,15-16,19H,10-11H2,(H,18,20). The first-order chi connectivity index (χ1) is 9.75. The average molecular weight is 267 g/mol. The Morgan fingerprint density at radius 1 is 0.950 bits per heavy atom. The van der Waals surface area contributed by atoms with Gasteiger partial charge in [0.25, 0.3) is 0 Å². The Bertz CT molecular complexity index is 592. The Balaban J connectivity index is 1.98. The third kappa shape index (κ3) is 2.39. The number of carbonyl (C=O) groups excluding carboxylic acids is 1. The van der Waals surface area contributed by atoms with Crippen LogP contribution in [0.4, 0.5) is 0 Å². The molecule has 2 aromatic rings. The van der Waals surface area contributed by atoms with E-state index in [1.807, 2.05) is 42.5 Å². The monoisotopic (exact) mass is 267 g/mol. The van der Waals surface area contributed by atoms with E-state index in [0.717, 1.165) is 17.5 Å². The van der Waals surface area contributed by atoms with E-state index >= 15 is 0 Å². The molecule has 1 fully saturated rings. The van der Waals surface area contributed by atoms with Crippen LogP contribution in [0.5, 0.6) is 5.75 Å². The highest BCUT2D eigenvalue weighted by molar-refractivity contribution is 5.85. The summed E-state index contributed by atoms with van der Waals surface area (Å²) in [5, 5.41) is 12.4. The topological polar surface area (TPSA) is 49.3 Å². The SMILES string of the molecule is O=C1NCCC(c2ccc(O)cc2)C1c1ccccc1. The summed E-state index contributed by atoms with van der Waals surface area (Å²) >= 11 is 0. The highest BCUT2D eigenvalue weighted by atomic mass is 16.3. The maximum atomic E-state index is 12.3. The zero-order chi connectivity index (χ0) is 13.9. The summed E-state index contributed by atoms with van der Waals surface area (Å²) < 4.78 is 0. The van der Waals surface area contributed by atoms with Crippen molar-refractivity contribution in [3.8, 4) is 5.75 Å².